The number of aromatic nitrogens is 4. The fraction of sp³-hybridized carbons (Fsp3) is 0.471. The van der Waals surface area contributed by atoms with Gasteiger partial charge in [0.05, 0.1) is 5.92 Å². The molecule has 0 spiro atoms. The molecule has 26 heavy (non-hydrogen) atoms. The monoisotopic (exact) mass is 361 g/mol. The second-order valence-electron chi connectivity index (χ2n) is 6.57. The van der Waals surface area contributed by atoms with Crippen molar-refractivity contribution in [2.75, 3.05) is 0 Å². The van der Waals surface area contributed by atoms with Crippen molar-refractivity contribution in [2.45, 2.75) is 44.7 Å². The van der Waals surface area contributed by atoms with Gasteiger partial charge in [-0.3, -0.25) is 9.59 Å². The number of carbonyl (C=O) groups excluding carboxylic acids is 1. The van der Waals surface area contributed by atoms with Gasteiger partial charge < -0.3 is 10.4 Å². The summed E-state index contributed by atoms with van der Waals surface area (Å²) in [7, 11) is 0. The van der Waals surface area contributed by atoms with Gasteiger partial charge in [0, 0.05) is 12.5 Å². The molecule has 3 rings (SSSR count). The van der Waals surface area contributed by atoms with Gasteiger partial charge in [0.25, 0.3) is 0 Å². The number of carboxylic acid groups (broad SMARTS) is 1. The zero-order valence-electron chi connectivity index (χ0n) is 14.3. The highest BCUT2D eigenvalue weighted by molar-refractivity contribution is 5.81. The Morgan fingerprint density at radius 2 is 2.08 bits per heavy atom. The predicted molar refractivity (Wildman–Crippen MR) is 88.6 cm³/mol. The summed E-state index contributed by atoms with van der Waals surface area (Å²) in [6.07, 6.45) is 1.89. The van der Waals surface area contributed by atoms with E-state index in [1.165, 1.54) is 16.8 Å². The molecule has 1 aromatic heterocycles. The Morgan fingerprint density at radius 1 is 1.35 bits per heavy atom. The minimum atomic E-state index is -0.832. The van der Waals surface area contributed by atoms with Crippen LogP contribution in [0.1, 0.15) is 36.7 Å². The van der Waals surface area contributed by atoms with Gasteiger partial charge in [-0.2, -0.15) is 0 Å². The van der Waals surface area contributed by atoms with Gasteiger partial charge in [-0.15, -0.1) is 5.10 Å². The number of nitrogens with one attached hydrogen (secondary N) is 1. The molecule has 138 valence electrons. The van der Waals surface area contributed by atoms with Crippen molar-refractivity contribution in [3.05, 3.63) is 41.5 Å². The Bertz CT molecular complexity index is 792. The van der Waals surface area contributed by atoms with Gasteiger partial charge >= 0.3 is 5.97 Å². The summed E-state index contributed by atoms with van der Waals surface area (Å²) < 4.78 is 14.6. The molecule has 1 aromatic carbocycles. The molecule has 3 atom stereocenters. The van der Waals surface area contributed by atoms with Gasteiger partial charge in [-0.05, 0) is 54.3 Å². The van der Waals surface area contributed by atoms with Crippen LogP contribution >= 0.6 is 0 Å². The molecule has 2 aromatic rings. The average Bonchev–Trinajstić information content (AvgIpc) is 3.23. The number of hydrogen-bond acceptors (Lipinski definition) is 5. The molecule has 8 nitrogen and oxygen atoms in total. The summed E-state index contributed by atoms with van der Waals surface area (Å²) in [5.74, 6) is -1.39. The Labute approximate surface area is 149 Å². The number of halogens is 1. The molecule has 1 unspecified atom stereocenters. The third kappa shape index (κ3) is 4.04. The van der Waals surface area contributed by atoms with E-state index in [0.29, 0.717) is 31.5 Å². The van der Waals surface area contributed by atoms with Crippen molar-refractivity contribution < 1.29 is 19.1 Å². The smallest absolute Gasteiger partial charge is 0.306 e. The van der Waals surface area contributed by atoms with E-state index in [9.17, 15) is 14.0 Å². The summed E-state index contributed by atoms with van der Waals surface area (Å²) in [6, 6.07) is 5.03. The zero-order valence-corrected chi connectivity index (χ0v) is 14.3. The molecular weight excluding hydrogens is 341 g/mol. The fourth-order valence-corrected chi connectivity index (χ4v) is 3.29. The van der Waals surface area contributed by atoms with Gasteiger partial charge in [-0.25, -0.2) is 9.07 Å². The molecule has 1 heterocycles. The topological polar surface area (TPSA) is 110 Å². The number of rotatable bonds is 6. The van der Waals surface area contributed by atoms with E-state index in [4.69, 9.17) is 5.11 Å². The third-order valence-electron chi connectivity index (χ3n) is 4.73. The molecule has 1 aliphatic rings. The molecule has 0 radical (unpaired) electrons. The summed E-state index contributed by atoms with van der Waals surface area (Å²) in [6.45, 7) is 1.70. The van der Waals surface area contributed by atoms with E-state index in [1.807, 2.05) is 0 Å². The number of aliphatic carboxylic acids is 1. The van der Waals surface area contributed by atoms with Crippen molar-refractivity contribution >= 4 is 11.9 Å². The van der Waals surface area contributed by atoms with E-state index in [-0.39, 0.29) is 17.8 Å². The van der Waals surface area contributed by atoms with Crippen LogP contribution < -0.4 is 5.32 Å². The summed E-state index contributed by atoms with van der Waals surface area (Å²) in [5, 5.41) is 23.3. The van der Waals surface area contributed by atoms with E-state index in [2.05, 4.69) is 20.8 Å². The lowest BCUT2D eigenvalue weighted by Crippen LogP contribution is -2.40. The number of carboxylic acids is 1. The molecule has 0 bridgehead atoms. The van der Waals surface area contributed by atoms with Crippen molar-refractivity contribution in [2.24, 2.45) is 5.92 Å². The molecule has 9 heteroatoms. The molecule has 1 aliphatic carbocycles. The first-order chi connectivity index (χ1) is 12.4. The molecule has 1 fully saturated rings. The van der Waals surface area contributed by atoms with Crippen molar-refractivity contribution in [1.82, 2.24) is 25.5 Å². The Kier molecular flexibility index (Phi) is 5.24. The lowest BCUT2D eigenvalue weighted by atomic mass is 10.0. The lowest BCUT2D eigenvalue weighted by Gasteiger charge is -2.20. The number of benzene rings is 1. The fourth-order valence-electron chi connectivity index (χ4n) is 3.29. The Morgan fingerprint density at radius 3 is 2.65 bits per heavy atom. The quantitative estimate of drug-likeness (QED) is 0.802. The standard InChI is InChI=1S/C17H20FN5O3/c1-10-20-21-22-23(10)15(8-11-2-5-13(18)6-3-11)16(24)19-14-7-4-12(9-14)17(25)26/h2-3,5-6,12,14-15H,4,7-9H2,1H3,(H,19,24)(H,25,26)/t12-,14+,15?/m1/s1. The van der Waals surface area contributed by atoms with Gasteiger partial charge in [0.1, 0.15) is 17.7 Å². The average molecular weight is 361 g/mol. The number of hydrogen-bond donors (Lipinski definition) is 2. The first kappa shape index (κ1) is 18.0. The van der Waals surface area contributed by atoms with Crippen molar-refractivity contribution in [3.63, 3.8) is 0 Å². The second kappa shape index (κ2) is 7.59. The van der Waals surface area contributed by atoms with Crippen molar-refractivity contribution in [1.29, 1.82) is 0 Å². The number of nitrogens with zero attached hydrogens (tertiary/aromatic N) is 4. The van der Waals surface area contributed by atoms with E-state index >= 15 is 0 Å². The summed E-state index contributed by atoms with van der Waals surface area (Å²) in [5.41, 5.74) is 0.774. The molecule has 0 aliphatic heterocycles. The minimum Gasteiger partial charge on any atom is -0.481 e. The number of amides is 1. The van der Waals surface area contributed by atoms with E-state index in [0.717, 1.165) is 5.56 Å². The highest BCUT2D eigenvalue weighted by Crippen LogP contribution is 2.26. The van der Waals surface area contributed by atoms with Crippen LogP contribution in [-0.4, -0.2) is 43.2 Å². The maximum absolute atomic E-state index is 13.1. The number of tetrazole rings is 1. The predicted octanol–water partition coefficient (Wildman–Crippen LogP) is 1.27. The van der Waals surface area contributed by atoms with Crippen LogP contribution in [0.15, 0.2) is 24.3 Å². The van der Waals surface area contributed by atoms with Crippen LogP contribution in [-0.2, 0) is 16.0 Å². The second-order valence-corrected chi connectivity index (χ2v) is 6.57. The number of carbonyl (C=O) groups is 2. The van der Waals surface area contributed by atoms with Gasteiger partial charge in [-0.1, -0.05) is 12.1 Å². The van der Waals surface area contributed by atoms with Crippen LogP contribution in [0.25, 0.3) is 0 Å². The highest BCUT2D eigenvalue weighted by Gasteiger charge is 2.33. The van der Waals surface area contributed by atoms with Gasteiger partial charge in [0.2, 0.25) is 5.91 Å². The largest absolute Gasteiger partial charge is 0.481 e. The highest BCUT2D eigenvalue weighted by atomic mass is 19.1. The normalized spacial score (nSPS) is 20.7. The molecule has 0 saturated heterocycles. The SMILES string of the molecule is Cc1nnnn1C(Cc1ccc(F)cc1)C(=O)N[C@H]1CC[C@@H](C(=O)O)C1. The zero-order chi connectivity index (χ0) is 18.7. The summed E-state index contributed by atoms with van der Waals surface area (Å²) in [4.78, 5) is 23.9. The lowest BCUT2D eigenvalue weighted by molar-refractivity contribution is -0.141. The molecular formula is C17H20FN5O3. The maximum atomic E-state index is 13.1. The van der Waals surface area contributed by atoms with Crippen LogP contribution in [0, 0.1) is 18.7 Å². The van der Waals surface area contributed by atoms with E-state index < -0.39 is 17.9 Å². The van der Waals surface area contributed by atoms with Crippen LogP contribution in [0.2, 0.25) is 0 Å². The van der Waals surface area contributed by atoms with Crippen LogP contribution in [0.3, 0.4) is 0 Å². The van der Waals surface area contributed by atoms with Gasteiger partial charge in [0.15, 0.2) is 0 Å². The Hall–Kier alpha value is -2.84. The summed E-state index contributed by atoms with van der Waals surface area (Å²) >= 11 is 0. The molecule has 1 amide bonds. The first-order valence-electron chi connectivity index (χ1n) is 8.46. The van der Waals surface area contributed by atoms with E-state index in [1.54, 1.807) is 19.1 Å². The first-order valence-corrected chi connectivity index (χ1v) is 8.46. The third-order valence-corrected chi connectivity index (χ3v) is 4.73. The maximum Gasteiger partial charge on any atom is 0.306 e. The van der Waals surface area contributed by atoms with Crippen LogP contribution in [0.4, 0.5) is 4.39 Å². The minimum absolute atomic E-state index is 0.184. The van der Waals surface area contributed by atoms with Crippen LogP contribution in [0.5, 0.6) is 0 Å². The van der Waals surface area contributed by atoms with Crippen molar-refractivity contribution in [3.8, 4) is 0 Å². The number of aryl methyl sites for hydroxylation is 1. The molecule has 1 saturated carbocycles. The molecule has 2 N–H and O–H groups in total. The Balaban J connectivity index is 1.75.